The zero-order valence-corrected chi connectivity index (χ0v) is 17.5. The van der Waals surface area contributed by atoms with Crippen molar-refractivity contribution in [2.75, 3.05) is 0 Å². The highest BCUT2D eigenvalue weighted by Crippen LogP contribution is 2.44. The minimum absolute atomic E-state index is 0.135. The maximum Gasteiger partial charge on any atom is 0.309 e. The summed E-state index contributed by atoms with van der Waals surface area (Å²) in [6.45, 7) is 0. The molecule has 0 N–H and O–H groups in total. The minimum Gasteiger partial charge on any atom is -0.462 e. The van der Waals surface area contributed by atoms with Crippen molar-refractivity contribution in [3.05, 3.63) is 0 Å². The first-order valence-electron chi connectivity index (χ1n) is 12.5. The third-order valence-corrected chi connectivity index (χ3v) is 8.65. The van der Waals surface area contributed by atoms with Crippen LogP contribution in [0.25, 0.3) is 0 Å². The number of carbonyl (C=O) groups excluding carboxylic acids is 1. The highest BCUT2D eigenvalue weighted by atomic mass is 16.5. The van der Waals surface area contributed by atoms with Crippen LogP contribution in [0.3, 0.4) is 0 Å². The molecule has 4 fully saturated rings. The summed E-state index contributed by atoms with van der Waals surface area (Å²) >= 11 is 0. The zero-order chi connectivity index (χ0) is 18.5. The number of esters is 1. The third-order valence-electron chi connectivity index (χ3n) is 8.65. The molecule has 0 amide bonds. The van der Waals surface area contributed by atoms with Crippen LogP contribution in [0.1, 0.15) is 116 Å². The summed E-state index contributed by atoms with van der Waals surface area (Å²) in [5.74, 6) is 4.39. The van der Waals surface area contributed by atoms with Gasteiger partial charge in [-0.1, -0.05) is 51.4 Å². The van der Waals surface area contributed by atoms with E-state index < -0.39 is 0 Å². The lowest BCUT2D eigenvalue weighted by molar-refractivity contribution is -0.157. The summed E-state index contributed by atoms with van der Waals surface area (Å²) in [5, 5.41) is 0. The van der Waals surface area contributed by atoms with E-state index in [1.807, 2.05) is 0 Å². The molecule has 0 heterocycles. The highest BCUT2D eigenvalue weighted by Gasteiger charge is 2.33. The van der Waals surface area contributed by atoms with Crippen molar-refractivity contribution in [3.63, 3.8) is 0 Å². The second kappa shape index (κ2) is 9.79. The molecule has 154 valence electrons. The summed E-state index contributed by atoms with van der Waals surface area (Å²) in [6, 6.07) is 0. The van der Waals surface area contributed by atoms with Gasteiger partial charge in [0, 0.05) is 0 Å². The van der Waals surface area contributed by atoms with Gasteiger partial charge in [-0.05, 0) is 87.9 Å². The molecule has 0 spiro atoms. The van der Waals surface area contributed by atoms with Crippen LogP contribution >= 0.6 is 0 Å². The molecular weight excluding hydrogens is 332 g/mol. The molecule has 3 atom stereocenters. The van der Waals surface area contributed by atoms with Crippen molar-refractivity contribution in [1.29, 1.82) is 0 Å². The second-order valence-corrected chi connectivity index (χ2v) is 10.5. The van der Waals surface area contributed by atoms with Crippen molar-refractivity contribution in [2.45, 2.75) is 122 Å². The lowest BCUT2D eigenvalue weighted by Crippen LogP contribution is -2.29. The van der Waals surface area contributed by atoms with E-state index in [2.05, 4.69) is 0 Å². The van der Waals surface area contributed by atoms with Crippen molar-refractivity contribution >= 4 is 5.97 Å². The van der Waals surface area contributed by atoms with Crippen LogP contribution in [0.5, 0.6) is 0 Å². The van der Waals surface area contributed by atoms with E-state index in [1.54, 1.807) is 0 Å². The molecule has 2 heteroatoms. The van der Waals surface area contributed by atoms with Crippen LogP contribution in [0.15, 0.2) is 0 Å². The third kappa shape index (κ3) is 5.51. The summed E-state index contributed by atoms with van der Waals surface area (Å²) in [5.41, 5.74) is 0. The van der Waals surface area contributed by atoms with Crippen LogP contribution in [0.2, 0.25) is 0 Å². The van der Waals surface area contributed by atoms with Gasteiger partial charge in [0.1, 0.15) is 6.10 Å². The van der Waals surface area contributed by atoms with E-state index in [1.165, 1.54) is 89.9 Å². The molecule has 4 rings (SSSR count). The van der Waals surface area contributed by atoms with Gasteiger partial charge in [-0.25, -0.2) is 0 Å². The second-order valence-electron chi connectivity index (χ2n) is 10.5. The van der Waals surface area contributed by atoms with E-state index >= 15 is 0 Å². The number of ether oxygens (including phenoxy) is 1. The Balaban J connectivity index is 1.13. The molecule has 2 nitrogen and oxygen atoms in total. The largest absolute Gasteiger partial charge is 0.462 e. The average molecular weight is 375 g/mol. The molecule has 4 saturated carbocycles. The Bertz CT molecular complexity index is 459. The standard InChI is InChI=1S/C25H42O2/c26-25(27-24-8-2-1-3-9-24)22-16-12-19(13-17-22)10-11-20-14-15-21-6-4-5-7-23(21)18-20/h19-24H,1-18H2. The van der Waals surface area contributed by atoms with Crippen molar-refractivity contribution in [3.8, 4) is 0 Å². The Kier molecular flexibility index (Phi) is 7.17. The van der Waals surface area contributed by atoms with Crippen LogP contribution in [0.4, 0.5) is 0 Å². The first kappa shape index (κ1) is 19.8. The van der Waals surface area contributed by atoms with E-state index in [0.29, 0.717) is 0 Å². The number of fused-ring (bicyclic) bond motifs is 1. The van der Waals surface area contributed by atoms with Gasteiger partial charge in [-0.2, -0.15) is 0 Å². The van der Waals surface area contributed by atoms with Crippen LogP contribution in [-0.4, -0.2) is 12.1 Å². The normalized spacial score (nSPS) is 38.1. The van der Waals surface area contributed by atoms with Crippen LogP contribution < -0.4 is 0 Å². The molecule has 27 heavy (non-hydrogen) atoms. The van der Waals surface area contributed by atoms with Gasteiger partial charge in [0.05, 0.1) is 5.92 Å². The predicted octanol–water partition coefficient (Wildman–Crippen LogP) is 7.06. The van der Waals surface area contributed by atoms with Gasteiger partial charge in [0.25, 0.3) is 0 Å². The molecule has 0 radical (unpaired) electrons. The summed E-state index contributed by atoms with van der Waals surface area (Å²) in [6.07, 6.45) is 24.4. The van der Waals surface area contributed by atoms with Crippen LogP contribution in [-0.2, 0) is 9.53 Å². The monoisotopic (exact) mass is 374 g/mol. The Labute approximate surface area is 167 Å². The Morgan fingerprint density at radius 3 is 2.04 bits per heavy atom. The van der Waals surface area contributed by atoms with Crippen molar-refractivity contribution in [1.82, 2.24) is 0 Å². The quantitative estimate of drug-likeness (QED) is 0.482. The molecule has 3 unspecified atom stereocenters. The molecule has 0 aromatic rings. The van der Waals surface area contributed by atoms with Gasteiger partial charge < -0.3 is 4.74 Å². The fraction of sp³-hybridized carbons (Fsp3) is 0.960. The predicted molar refractivity (Wildman–Crippen MR) is 110 cm³/mol. The lowest BCUT2D eigenvalue weighted by Gasteiger charge is -2.40. The first-order chi connectivity index (χ1) is 13.3. The maximum absolute atomic E-state index is 12.5. The topological polar surface area (TPSA) is 26.3 Å². The summed E-state index contributed by atoms with van der Waals surface area (Å²) < 4.78 is 5.83. The molecule has 0 aliphatic heterocycles. The molecular formula is C25H42O2. The lowest BCUT2D eigenvalue weighted by atomic mass is 9.66. The zero-order valence-electron chi connectivity index (χ0n) is 17.5. The van der Waals surface area contributed by atoms with E-state index in [9.17, 15) is 4.79 Å². The Morgan fingerprint density at radius 1 is 0.630 bits per heavy atom. The molecule has 0 bridgehead atoms. The minimum atomic E-state index is 0.135. The molecule has 0 aromatic heterocycles. The maximum atomic E-state index is 12.5. The van der Waals surface area contributed by atoms with E-state index in [4.69, 9.17) is 4.74 Å². The summed E-state index contributed by atoms with van der Waals surface area (Å²) in [4.78, 5) is 12.5. The fourth-order valence-electron chi connectivity index (χ4n) is 6.83. The van der Waals surface area contributed by atoms with Crippen molar-refractivity contribution in [2.24, 2.45) is 29.6 Å². The Hall–Kier alpha value is -0.530. The van der Waals surface area contributed by atoms with Gasteiger partial charge in [-0.15, -0.1) is 0 Å². The number of hydrogen-bond donors (Lipinski definition) is 0. The van der Waals surface area contributed by atoms with Gasteiger partial charge in [-0.3, -0.25) is 4.79 Å². The molecule has 0 saturated heterocycles. The van der Waals surface area contributed by atoms with Gasteiger partial charge in [0.2, 0.25) is 0 Å². The van der Waals surface area contributed by atoms with E-state index in [-0.39, 0.29) is 18.0 Å². The van der Waals surface area contributed by atoms with Gasteiger partial charge in [0.15, 0.2) is 0 Å². The molecule has 4 aliphatic carbocycles. The SMILES string of the molecule is O=C(OC1CCCCC1)C1CCC(CCC2CCC3CCCCC3C2)CC1. The first-order valence-corrected chi connectivity index (χ1v) is 12.5. The number of hydrogen-bond acceptors (Lipinski definition) is 2. The summed E-state index contributed by atoms with van der Waals surface area (Å²) in [7, 11) is 0. The number of rotatable bonds is 5. The average Bonchev–Trinajstić information content (AvgIpc) is 2.73. The number of carbonyl (C=O) groups is 1. The molecule has 0 aromatic carbocycles. The fourth-order valence-corrected chi connectivity index (χ4v) is 6.83. The highest BCUT2D eigenvalue weighted by molar-refractivity contribution is 5.72. The van der Waals surface area contributed by atoms with Gasteiger partial charge >= 0.3 is 5.97 Å². The van der Waals surface area contributed by atoms with Crippen LogP contribution in [0, 0.1) is 29.6 Å². The Morgan fingerprint density at radius 2 is 1.26 bits per heavy atom. The van der Waals surface area contributed by atoms with Crippen molar-refractivity contribution < 1.29 is 9.53 Å². The van der Waals surface area contributed by atoms with E-state index in [0.717, 1.165) is 49.4 Å². The molecule has 4 aliphatic rings. The smallest absolute Gasteiger partial charge is 0.309 e.